The Labute approximate surface area is 136 Å². The van der Waals surface area contributed by atoms with Gasteiger partial charge in [0, 0.05) is 5.41 Å². The predicted octanol–water partition coefficient (Wildman–Crippen LogP) is 3.06. The van der Waals surface area contributed by atoms with Crippen LogP contribution in [0.1, 0.15) is 39.2 Å². The minimum absolute atomic E-state index is 0.277. The van der Waals surface area contributed by atoms with E-state index in [1.165, 1.54) is 0 Å². The molecule has 0 spiro atoms. The lowest BCUT2D eigenvalue weighted by atomic mass is 9.66. The third kappa shape index (κ3) is 1.85. The average Bonchev–Trinajstić information content (AvgIpc) is 2.78. The Balaban J connectivity index is 1.96. The molecular formula is C18H23NO4. The smallest absolute Gasteiger partial charge is 0.313 e. The first kappa shape index (κ1) is 15.8. The van der Waals surface area contributed by atoms with E-state index in [4.69, 9.17) is 9.47 Å². The van der Waals surface area contributed by atoms with Gasteiger partial charge in [-0.05, 0) is 44.4 Å². The molecule has 2 bridgehead atoms. The lowest BCUT2D eigenvalue weighted by Crippen LogP contribution is -2.50. The molecule has 1 heterocycles. The number of hydrogen-bond donors (Lipinski definition) is 1. The normalized spacial score (nSPS) is 30.9. The Bertz CT molecular complexity index is 696. The van der Waals surface area contributed by atoms with Crippen molar-refractivity contribution < 1.29 is 19.1 Å². The Hall–Kier alpha value is -2.04. The van der Waals surface area contributed by atoms with Crippen molar-refractivity contribution in [3.8, 4) is 5.75 Å². The third-order valence-corrected chi connectivity index (χ3v) is 6.05. The maximum absolute atomic E-state index is 13.0. The highest BCUT2D eigenvalue weighted by atomic mass is 16.6. The molecule has 1 aliphatic heterocycles. The first-order valence-corrected chi connectivity index (χ1v) is 7.87. The number of fused-ring (bicyclic) bond motifs is 2. The standard InChI is InChI=1S/C18H23NO4/c1-11-6-7-13(22-5)12(10-11)19-14(20)18-9-8-17(4,15(21)23-18)16(18,2)3/h6-7,10H,8-9H2,1-5H3,(H,19,20)/t17-,18-/m0/s1. The van der Waals surface area contributed by atoms with Gasteiger partial charge in [0.1, 0.15) is 5.75 Å². The molecule has 2 atom stereocenters. The van der Waals surface area contributed by atoms with Gasteiger partial charge in [-0.15, -0.1) is 0 Å². The van der Waals surface area contributed by atoms with Gasteiger partial charge in [0.25, 0.3) is 5.91 Å². The molecule has 1 aliphatic carbocycles. The van der Waals surface area contributed by atoms with Crippen LogP contribution in [0.15, 0.2) is 18.2 Å². The van der Waals surface area contributed by atoms with E-state index in [0.29, 0.717) is 24.3 Å². The summed E-state index contributed by atoms with van der Waals surface area (Å²) in [5.41, 5.74) is -0.677. The summed E-state index contributed by atoms with van der Waals surface area (Å²) in [5.74, 6) is 0.0318. The van der Waals surface area contributed by atoms with Crippen LogP contribution >= 0.6 is 0 Å². The largest absolute Gasteiger partial charge is 0.495 e. The summed E-state index contributed by atoms with van der Waals surface area (Å²) < 4.78 is 10.9. The van der Waals surface area contributed by atoms with Crippen molar-refractivity contribution in [2.75, 3.05) is 12.4 Å². The number of nitrogens with one attached hydrogen (secondary N) is 1. The number of hydrogen-bond acceptors (Lipinski definition) is 4. The van der Waals surface area contributed by atoms with Crippen LogP contribution in [-0.2, 0) is 14.3 Å². The molecule has 5 heteroatoms. The molecule has 1 N–H and O–H groups in total. The molecule has 1 aromatic rings. The monoisotopic (exact) mass is 317 g/mol. The van der Waals surface area contributed by atoms with Crippen molar-refractivity contribution in [3.63, 3.8) is 0 Å². The second-order valence-electron chi connectivity index (χ2n) is 7.33. The van der Waals surface area contributed by atoms with E-state index in [9.17, 15) is 9.59 Å². The fourth-order valence-electron chi connectivity index (χ4n) is 3.89. The van der Waals surface area contributed by atoms with Crippen LogP contribution < -0.4 is 10.1 Å². The highest BCUT2D eigenvalue weighted by Crippen LogP contribution is 2.65. The van der Waals surface area contributed by atoms with Crippen molar-refractivity contribution in [3.05, 3.63) is 23.8 Å². The van der Waals surface area contributed by atoms with Gasteiger partial charge in [-0.2, -0.15) is 0 Å². The quantitative estimate of drug-likeness (QED) is 0.870. The zero-order valence-corrected chi connectivity index (χ0v) is 14.3. The molecule has 1 aromatic carbocycles. The van der Waals surface area contributed by atoms with Gasteiger partial charge in [0.05, 0.1) is 18.2 Å². The van der Waals surface area contributed by atoms with Gasteiger partial charge < -0.3 is 14.8 Å². The number of anilines is 1. The highest BCUT2D eigenvalue weighted by molar-refractivity contribution is 6.04. The van der Waals surface area contributed by atoms with Crippen LogP contribution in [0, 0.1) is 17.8 Å². The van der Waals surface area contributed by atoms with Gasteiger partial charge in [0.2, 0.25) is 0 Å². The number of methoxy groups -OCH3 is 1. The number of rotatable bonds is 3. The summed E-state index contributed by atoms with van der Waals surface area (Å²) in [4.78, 5) is 25.3. The van der Waals surface area contributed by atoms with Crippen LogP contribution in [0.4, 0.5) is 5.69 Å². The molecule has 2 fully saturated rings. The minimum Gasteiger partial charge on any atom is -0.495 e. The Kier molecular flexibility index (Phi) is 3.26. The van der Waals surface area contributed by atoms with E-state index in [2.05, 4.69) is 5.32 Å². The Morgan fingerprint density at radius 1 is 1.26 bits per heavy atom. The summed E-state index contributed by atoms with van der Waals surface area (Å²) in [6.07, 6.45) is 1.21. The number of benzene rings is 1. The molecule has 1 saturated heterocycles. The topological polar surface area (TPSA) is 64.6 Å². The average molecular weight is 317 g/mol. The molecule has 3 rings (SSSR count). The van der Waals surface area contributed by atoms with Crippen LogP contribution in [0.2, 0.25) is 0 Å². The number of ether oxygens (including phenoxy) is 2. The molecule has 0 aromatic heterocycles. The van der Waals surface area contributed by atoms with Crippen molar-refractivity contribution in [2.45, 2.75) is 46.1 Å². The summed E-state index contributed by atoms with van der Waals surface area (Å²) in [6.45, 7) is 7.72. The Morgan fingerprint density at radius 3 is 2.48 bits per heavy atom. The molecular weight excluding hydrogens is 294 g/mol. The van der Waals surface area contributed by atoms with E-state index in [1.807, 2.05) is 45.9 Å². The zero-order chi connectivity index (χ0) is 17.0. The molecule has 124 valence electrons. The second kappa shape index (κ2) is 4.73. The van der Waals surface area contributed by atoms with Gasteiger partial charge >= 0.3 is 5.97 Å². The number of amides is 1. The maximum Gasteiger partial charge on any atom is 0.313 e. The first-order chi connectivity index (χ1) is 10.7. The first-order valence-electron chi connectivity index (χ1n) is 7.87. The molecule has 0 radical (unpaired) electrons. The van der Waals surface area contributed by atoms with Gasteiger partial charge in [-0.25, -0.2) is 0 Å². The van der Waals surface area contributed by atoms with Crippen LogP contribution in [-0.4, -0.2) is 24.6 Å². The van der Waals surface area contributed by atoms with Crippen molar-refractivity contribution in [1.29, 1.82) is 0 Å². The lowest BCUT2D eigenvalue weighted by molar-refractivity contribution is -0.165. The van der Waals surface area contributed by atoms with E-state index >= 15 is 0 Å². The summed E-state index contributed by atoms with van der Waals surface area (Å²) in [7, 11) is 1.56. The van der Waals surface area contributed by atoms with Gasteiger partial charge in [-0.3, -0.25) is 9.59 Å². The maximum atomic E-state index is 13.0. The lowest BCUT2D eigenvalue weighted by Gasteiger charge is -2.35. The third-order valence-electron chi connectivity index (χ3n) is 6.05. The fourth-order valence-corrected chi connectivity index (χ4v) is 3.89. The summed E-state index contributed by atoms with van der Waals surface area (Å²) in [5, 5.41) is 2.91. The fraction of sp³-hybridized carbons (Fsp3) is 0.556. The highest BCUT2D eigenvalue weighted by Gasteiger charge is 2.75. The summed E-state index contributed by atoms with van der Waals surface area (Å²) >= 11 is 0. The van der Waals surface area contributed by atoms with Crippen LogP contribution in [0.3, 0.4) is 0 Å². The number of aryl methyl sites for hydroxylation is 1. The number of carbonyl (C=O) groups excluding carboxylic acids is 2. The van der Waals surface area contributed by atoms with E-state index in [1.54, 1.807) is 7.11 Å². The SMILES string of the molecule is COc1ccc(C)cc1NC(=O)[C@]12CC[C@@](C)(C(=O)O1)C2(C)C. The molecule has 1 saturated carbocycles. The van der Waals surface area contributed by atoms with Crippen LogP contribution in [0.5, 0.6) is 5.75 Å². The predicted molar refractivity (Wildman–Crippen MR) is 86.3 cm³/mol. The van der Waals surface area contributed by atoms with E-state index < -0.39 is 16.4 Å². The Morgan fingerprint density at radius 2 is 1.96 bits per heavy atom. The number of carbonyl (C=O) groups is 2. The second-order valence-corrected chi connectivity index (χ2v) is 7.33. The van der Waals surface area contributed by atoms with Gasteiger partial charge in [0.15, 0.2) is 5.60 Å². The van der Waals surface area contributed by atoms with Crippen molar-refractivity contribution in [2.24, 2.45) is 10.8 Å². The van der Waals surface area contributed by atoms with E-state index in [-0.39, 0.29) is 11.9 Å². The van der Waals surface area contributed by atoms with Crippen LogP contribution in [0.25, 0.3) is 0 Å². The molecule has 0 unspecified atom stereocenters. The molecule has 5 nitrogen and oxygen atoms in total. The minimum atomic E-state index is -1.12. The molecule has 2 aliphatic rings. The molecule has 1 amide bonds. The van der Waals surface area contributed by atoms with E-state index in [0.717, 1.165) is 5.56 Å². The van der Waals surface area contributed by atoms with Crippen molar-refractivity contribution in [1.82, 2.24) is 0 Å². The van der Waals surface area contributed by atoms with Crippen molar-refractivity contribution >= 4 is 17.6 Å². The van der Waals surface area contributed by atoms with Gasteiger partial charge in [-0.1, -0.05) is 19.9 Å². The molecule has 23 heavy (non-hydrogen) atoms. The zero-order valence-electron chi connectivity index (χ0n) is 14.3. The summed E-state index contributed by atoms with van der Waals surface area (Å²) in [6, 6.07) is 5.58. The number of esters is 1.